The number of nitrogens with zero attached hydrogens (tertiary/aromatic N) is 1. The lowest BCUT2D eigenvalue weighted by Gasteiger charge is -2.55. The first-order valence-electron chi connectivity index (χ1n) is 10.1. The van der Waals surface area contributed by atoms with E-state index in [9.17, 15) is 0 Å². The number of hydrogen-bond acceptors (Lipinski definition) is 2. The minimum Gasteiger partial charge on any atom is -0.373 e. The molecule has 0 radical (unpaired) electrons. The van der Waals surface area contributed by atoms with Crippen molar-refractivity contribution in [2.75, 3.05) is 26.7 Å². The van der Waals surface area contributed by atoms with Crippen molar-refractivity contribution in [1.29, 1.82) is 0 Å². The molecule has 138 valence electrons. The van der Waals surface area contributed by atoms with E-state index >= 15 is 0 Å². The minimum absolute atomic E-state index is 0.0898. The maximum atomic E-state index is 6.37. The van der Waals surface area contributed by atoms with Crippen LogP contribution in [0.5, 0.6) is 0 Å². The first-order valence-corrected chi connectivity index (χ1v) is 10.1. The third-order valence-corrected chi connectivity index (χ3v) is 6.64. The molecule has 2 fully saturated rings. The molecule has 1 aliphatic heterocycles. The second-order valence-corrected chi connectivity index (χ2v) is 8.19. The monoisotopic (exact) mass is 349 g/mol. The fraction of sp³-hybridized carbons (Fsp3) is 0.500. The van der Waals surface area contributed by atoms with E-state index in [-0.39, 0.29) is 5.60 Å². The summed E-state index contributed by atoms with van der Waals surface area (Å²) in [5.74, 6) is 1.19. The molecule has 2 nitrogen and oxygen atoms in total. The van der Waals surface area contributed by atoms with Gasteiger partial charge in [0.05, 0.1) is 0 Å². The summed E-state index contributed by atoms with van der Waals surface area (Å²) in [6.07, 6.45) is 5.05. The normalized spacial score (nSPS) is 28.8. The average Bonchev–Trinajstić information content (AvgIpc) is 2.66. The number of aryl methyl sites for hydroxylation is 1. The minimum atomic E-state index is -0.0898. The largest absolute Gasteiger partial charge is 0.373 e. The summed E-state index contributed by atoms with van der Waals surface area (Å²) in [5.41, 5.74) is 4.09. The number of ether oxygens (including phenoxy) is 1. The van der Waals surface area contributed by atoms with Crippen LogP contribution in [0.25, 0.3) is 0 Å². The Morgan fingerprint density at radius 1 is 1.00 bits per heavy atom. The second-order valence-electron chi connectivity index (χ2n) is 8.19. The molecule has 1 heterocycles. The maximum Gasteiger partial charge on any atom is 0.101 e. The second kappa shape index (κ2) is 7.54. The van der Waals surface area contributed by atoms with Crippen molar-refractivity contribution in [1.82, 2.24) is 4.90 Å². The van der Waals surface area contributed by atoms with Crippen LogP contribution in [0.3, 0.4) is 0 Å². The zero-order chi connectivity index (χ0) is 18.0. The third kappa shape index (κ3) is 3.21. The predicted octanol–water partition coefficient (Wildman–Crippen LogP) is 4.81. The van der Waals surface area contributed by atoms with Crippen LogP contribution in [-0.2, 0) is 16.8 Å². The van der Waals surface area contributed by atoms with Crippen molar-refractivity contribution in [2.24, 2.45) is 11.8 Å². The van der Waals surface area contributed by atoms with Crippen molar-refractivity contribution in [3.63, 3.8) is 0 Å². The Morgan fingerprint density at radius 2 is 1.73 bits per heavy atom. The fourth-order valence-electron chi connectivity index (χ4n) is 5.45. The Balaban J connectivity index is 1.54. The van der Waals surface area contributed by atoms with Crippen molar-refractivity contribution in [2.45, 2.75) is 38.2 Å². The highest BCUT2D eigenvalue weighted by Gasteiger charge is 2.52. The van der Waals surface area contributed by atoms with Gasteiger partial charge < -0.3 is 9.64 Å². The van der Waals surface area contributed by atoms with Crippen molar-refractivity contribution in [3.8, 4) is 0 Å². The molecular formula is C24H31NO. The fourth-order valence-corrected chi connectivity index (χ4v) is 5.45. The Bertz CT molecular complexity index is 712. The van der Waals surface area contributed by atoms with E-state index in [2.05, 4.69) is 66.4 Å². The predicted molar refractivity (Wildman–Crippen MR) is 107 cm³/mol. The molecule has 0 amide bonds. The van der Waals surface area contributed by atoms with E-state index in [1.165, 1.54) is 36.0 Å². The number of rotatable bonds is 5. The van der Waals surface area contributed by atoms with Gasteiger partial charge in [0, 0.05) is 38.6 Å². The van der Waals surface area contributed by atoms with Crippen LogP contribution in [0, 0.1) is 18.8 Å². The highest BCUT2D eigenvalue weighted by Crippen LogP contribution is 2.51. The van der Waals surface area contributed by atoms with Gasteiger partial charge in [-0.25, -0.2) is 0 Å². The van der Waals surface area contributed by atoms with Crippen molar-refractivity contribution in [3.05, 3.63) is 71.3 Å². The average molecular weight is 350 g/mol. The molecule has 4 rings (SSSR count). The molecule has 2 atom stereocenters. The molecule has 1 saturated heterocycles. The summed E-state index contributed by atoms with van der Waals surface area (Å²) in [6.45, 7) is 5.67. The topological polar surface area (TPSA) is 12.5 Å². The van der Waals surface area contributed by atoms with Gasteiger partial charge in [0.25, 0.3) is 0 Å². The Kier molecular flexibility index (Phi) is 5.15. The van der Waals surface area contributed by atoms with Crippen LogP contribution in [-0.4, -0.2) is 31.6 Å². The summed E-state index contributed by atoms with van der Waals surface area (Å²) in [6, 6.07) is 19.9. The lowest BCUT2D eigenvalue weighted by Crippen LogP contribution is -2.59. The lowest BCUT2D eigenvalue weighted by atomic mass is 9.62. The molecule has 26 heavy (non-hydrogen) atoms. The molecule has 0 N–H and O–H groups in total. The molecule has 1 aliphatic carbocycles. The highest BCUT2D eigenvalue weighted by atomic mass is 16.5. The third-order valence-electron chi connectivity index (χ3n) is 6.64. The molecule has 2 bridgehead atoms. The number of likely N-dealkylation sites (tertiary alicyclic amines) is 1. The summed E-state index contributed by atoms with van der Waals surface area (Å²) in [5, 5.41) is 0. The standard InChI is InChI=1S/C24H31NO/c1-19-8-6-11-21(16-19)24(26-2)22-12-7-13-23(24)18-25(17-22)15-14-20-9-4-3-5-10-20/h3-6,8-11,16,22-23H,7,12-15,17-18H2,1-2H3. The van der Waals surface area contributed by atoms with Gasteiger partial charge in [-0.1, -0.05) is 66.6 Å². The highest BCUT2D eigenvalue weighted by molar-refractivity contribution is 5.31. The smallest absolute Gasteiger partial charge is 0.101 e. The SMILES string of the molecule is COC1(c2cccc(C)c2)C2CCCC1CN(CCc1ccccc1)C2. The van der Waals surface area contributed by atoms with Crippen LogP contribution in [0.15, 0.2) is 54.6 Å². The number of hydrogen-bond donors (Lipinski definition) is 0. The quantitative estimate of drug-likeness (QED) is 0.768. The molecule has 2 aromatic carbocycles. The number of piperidine rings is 1. The summed E-state index contributed by atoms with van der Waals surface area (Å²) in [4.78, 5) is 2.69. The van der Waals surface area contributed by atoms with Gasteiger partial charge in [0.1, 0.15) is 5.60 Å². The van der Waals surface area contributed by atoms with E-state index in [1.54, 1.807) is 0 Å². The number of benzene rings is 2. The van der Waals surface area contributed by atoms with E-state index in [0.717, 1.165) is 26.1 Å². The number of fused-ring (bicyclic) bond motifs is 2. The molecule has 0 aromatic heterocycles. The Hall–Kier alpha value is -1.64. The lowest BCUT2D eigenvalue weighted by molar-refractivity contribution is -0.168. The van der Waals surface area contributed by atoms with Crippen molar-refractivity contribution < 1.29 is 4.74 Å². The van der Waals surface area contributed by atoms with Crippen molar-refractivity contribution >= 4 is 0 Å². The molecule has 2 unspecified atom stereocenters. The Morgan fingerprint density at radius 3 is 2.38 bits per heavy atom. The van der Waals surface area contributed by atoms with Gasteiger partial charge in [-0.05, 0) is 37.3 Å². The van der Waals surface area contributed by atoms with Crippen LogP contribution < -0.4 is 0 Å². The van der Waals surface area contributed by atoms with Gasteiger partial charge in [0.15, 0.2) is 0 Å². The van der Waals surface area contributed by atoms with E-state index in [1.807, 2.05) is 7.11 Å². The maximum absolute atomic E-state index is 6.37. The summed E-state index contributed by atoms with van der Waals surface area (Å²) in [7, 11) is 1.94. The molecule has 2 heteroatoms. The molecule has 1 saturated carbocycles. The van der Waals surface area contributed by atoms with E-state index in [4.69, 9.17) is 4.74 Å². The van der Waals surface area contributed by atoms with Crippen LogP contribution in [0.4, 0.5) is 0 Å². The number of methoxy groups -OCH3 is 1. The van der Waals surface area contributed by atoms with Crippen LogP contribution in [0.2, 0.25) is 0 Å². The van der Waals surface area contributed by atoms with Gasteiger partial charge >= 0.3 is 0 Å². The summed E-state index contributed by atoms with van der Waals surface area (Å²) >= 11 is 0. The van der Waals surface area contributed by atoms with Gasteiger partial charge in [-0.2, -0.15) is 0 Å². The molecule has 2 aromatic rings. The van der Waals surface area contributed by atoms with E-state index < -0.39 is 0 Å². The van der Waals surface area contributed by atoms with Gasteiger partial charge in [0.2, 0.25) is 0 Å². The van der Waals surface area contributed by atoms with E-state index in [0.29, 0.717) is 11.8 Å². The zero-order valence-corrected chi connectivity index (χ0v) is 16.2. The van der Waals surface area contributed by atoms with Crippen LogP contribution in [0.1, 0.15) is 36.0 Å². The zero-order valence-electron chi connectivity index (χ0n) is 16.2. The van der Waals surface area contributed by atoms with Gasteiger partial charge in [-0.15, -0.1) is 0 Å². The summed E-state index contributed by atoms with van der Waals surface area (Å²) < 4.78 is 6.37. The van der Waals surface area contributed by atoms with Crippen LogP contribution >= 0.6 is 0 Å². The van der Waals surface area contributed by atoms with Gasteiger partial charge in [-0.3, -0.25) is 0 Å². The first kappa shape index (κ1) is 17.8. The molecule has 2 aliphatic rings. The molecule has 0 spiro atoms. The first-order chi connectivity index (χ1) is 12.7. The Labute approximate surface area is 158 Å². The molecular weight excluding hydrogens is 318 g/mol.